The summed E-state index contributed by atoms with van der Waals surface area (Å²) in [5.74, 6) is -0.632. The summed E-state index contributed by atoms with van der Waals surface area (Å²) in [6.07, 6.45) is 0.443. The van der Waals surface area contributed by atoms with Gasteiger partial charge < -0.3 is 0 Å². The summed E-state index contributed by atoms with van der Waals surface area (Å²) < 4.78 is 26.0. The number of amides is 1. The van der Waals surface area contributed by atoms with Gasteiger partial charge >= 0.3 is 0 Å². The Labute approximate surface area is 133 Å². The highest BCUT2D eigenvalue weighted by atomic mass is 32.2. The zero-order valence-electron chi connectivity index (χ0n) is 12.0. The Kier molecular flexibility index (Phi) is 5.07. The molecule has 0 atom stereocenters. The van der Waals surface area contributed by atoms with Crippen LogP contribution < -0.4 is 4.72 Å². The number of non-ortho nitro benzene ring substituents is 1. The van der Waals surface area contributed by atoms with Crippen LogP contribution in [0.4, 0.5) is 5.69 Å². The van der Waals surface area contributed by atoms with E-state index in [2.05, 4.69) is 0 Å². The van der Waals surface area contributed by atoms with E-state index in [0.717, 1.165) is 29.8 Å². The van der Waals surface area contributed by atoms with Crippen LogP contribution in [-0.4, -0.2) is 19.2 Å². The third kappa shape index (κ3) is 4.62. The second kappa shape index (κ2) is 7.01. The lowest BCUT2D eigenvalue weighted by molar-refractivity contribution is -0.384. The summed E-state index contributed by atoms with van der Waals surface area (Å²) in [5, 5.41) is 10.5. The predicted octanol–water partition coefficient (Wildman–Crippen LogP) is 2.03. The van der Waals surface area contributed by atoms with Gasteiger partial charge in [0, 0.05) is 18.6 Å². The zero-order valence-corrected chi connectivity index (χ0v) is 12.8. The number of aryl methyl sites for hydroxylation is 1. The number of nitrogens with one attached hydrogen (secondary N) is 1. The van der Waals surface area contributed by atoms with E-state index in [1.165, 1.54) is 0 Å². The Bertz CT molecular complexity index is 802. The van der Waals surface area contributed by atoms with Crippen molar-refractivity contribution in [3.63, 3.8) is 0 Å². The first-order valence-electron chi connectivity index (χ1n) is 6.72. The predicted molar refractivity (Wildman–Crippen MR) is 83.2 cm³/mol. The van der Waals surface area contributed by atoms with Crippen LogP contribution in [0.5, 0.6) is 0 Å². The van der Waals surface area contributed by atoms with Crippen LogP contribution in [0.1, 0.15) is 12.0 Å². The number of hydrogen-bond donors (Lipinski definition) is 1. The largest absolute Gasteiger partial charge is 0.274 e. The van der Waals surface area contributed by atoms with Crippen LogP contribution in [-0.2, 0) is 21.2 Å². The van der Waals surface area contributed by atoms with Crippen molar-refractivity contribution in [3.05, 3.63) is 70.3 Å². The Hall–Kier alpha value is -2.74. The Morgan fingerprint density at radius 3 is 2.22 bits per heavy atom. The first-order valence-corrected chi connectivity index (χ1v) is 8.21. The minimum atomic E-state index is -4.03. The lowest BCUT2D eigenvalue weighted by Gasteiger charge is -2.07. The first kappa shape index (κ1) is 16.6. The van der Waals surface area contributed by atoms with Gasteiger partial charge in [-0.1, -0.05) is 30.3 Å². The number of benzene rings is 2. The second-order valence-corrected chi connectivity index (χ2v) is 6.45. The SMILES string of the molecule is O=C(CCc1ccccc1)NS(=O)(=O)c1ccc([N+](=O)[O-])cc1. The summed E-state index contributed by atoms with van der Waals surface area (Å²) in [4.78, 5) is 21.5. The third-order valence-corrected chi connectivity index (χ3v) is 4.48. The van der Waals surface area contributed by atoms with Crippen molar-refractivity contribution in [3.8, 4) is 0 Å². The maximum atomic E-state index is 12.0. The van der Waals surface area contributed by atoms with Gasteiger partial charge in [0.2, 0.25) is 5.91 Å². The number of carbonyl (C=O) groups excluding carboxylic acids is 1. The van der Waals surface area contributed by atoms with Gasteiger partial charge in [0.25, 0.3) is 15.7 Å². The van der Waals surface area contributed by atoms with E-state index >= 15 is 0 Å². The lowest BCUT2D eigenvalue weighted by atomic mass is 10.1. The maximum Gasteiger partial charge on any atom is 0.269 e. The van der Waals surface area contributed by atoms with Crippen molar-refractivity contribution >= 4 is 21.6 Å². The standard InChI is InChI=1S/C15H14N2O5S/c18-15(11-6-12-4-2-1-3-5-12)16-23(21,22)14-9-7-13(8-10-14)17(19)20/h1-5,7-10H,6,11H2,(H,16,18). The van der Waals surface area contributed by atoms with Gasteiger partial charge in [0.15, 0.2) is 0 Å². The van der Waals surface area contributed by atoms with E-state index < -0.39 is 20.9 Å². The van der Waals surface area contributed by atoms with Crippen molar-refractivity contribution < 1.29 is 18.1 Å². The van der Waals surface area contributed by atoms with Gasteiger partial charge in [0.1, 0.15) is 0 Å². The van der Waals surface area contributed by atoms with E-state index in [1.54, 1.807) is 0 Å². The molecule has 0 aromatic heterocycles. The minimum Gasteiger partial charge on any atom is -0.274 e. The van der Waals surface area contributed by atoms with Crippen molar-refractivity contribution in [2.75, 3.05) is 0 Å². The average molecular weight is 334 g/mol. The van der Waals surface area contributed by atoms with Gasteiger partial charge in [-0.2, -0.15) is 0 Å². The zero-order chi connectivity index (χ0) is 16.9. The molecule has 0 aliphatic heterocycles. The quantitative estimate of drug-likeness (QED) is 0.642. The Morgan fingerprint density at radius 2 is 1.65 bits per heavy atom. The van der Waals surface area contributed by atoms with Crippen molar-refractivity contribution in [1.82, 2.24) is 4.72 Å². The topological polar surface area (TPSA) is 106 Å². The molecular formula is C15H14N2O5S. The van der Waals surface area contributed by atoms with Gasteiger partial charge in [-0.05, 0) is 24.1 Å². The van der Waals surface area contributed by atoms with Crippen LogP contribution in [0, 0.1) is 10.1 Å². The minimum absolute atomic E-state index is 0.0240. The molecule has 7 nitrogen and oxygen atoms in total. The van der Waals surface area contributed by atoms with Crippen molar-refractivity contribution in [1.29, 1.82) is 0 Å². The maximum absolute atomic E-state index is 12.0. The van der Waals surface area contributed by atoms with Crippen LogP contribution in [0.2, 0.25) is 0 Å². The van der Waals surface area contributed by atoms with E-state index in [1.807, 2.05) is 35.1 Å². The Morgan fingerprint density at radius 1 is 1.04 bits per heavy atom. The molecular weight excluding hydrogens is 320 g/mol. The molecule has 0 aliphatic rings. The summed E-state index contributed by atoms with van der Waals surface area (Å²) in [7, 11) is -4.03. The first-order chi connectivity index (χ1) is 10.9. The summed E-state index contributed by atoms with van der Waals surface area (Å²) >= 11 is 0. The molecule has 8 heteroatoms. The van der Waals surface area contributed by atoms with Crippen LogP contribution >= 0.6 is 0 Å². The van der Waals surface area contributed by atoms with Gasteiger partial charge in [-0.25, -0.2) is 13.1 Å². The molecule has 0 saturated carbocycles. The van der Waals surface area contributed by atoms with Crippen LogP contribution in [0.15, 0.2) is 59.5 Å². The smallest absolute Gasteiger partial charge is 0.269 e. The molecule has 0 saturated heterocycles. The molecule has 0 bridgehead atoms. The van der Waals surface area contributed by atoms with Gasteiger partial charge in [-0.15, -0.1) is 0 Å². The van der Waals surface area contributed by atoms with E-state index in [-0.39, 0.29) is 17.0 Å². The molecule has 0 spiro atoms. The highest BCUT2D eigenvalue weighted by Crippen LogP contribution is 2.15. The molecule has 0 heterocycles. The summed E-state index contributed by atoms with van der Waals surface area (Å²) in [6, 6.07) is 13.5. The van der Waals surface area contributed by atoms with E-state index in [9.17, 15) is 23.3 Å². The number of sulfonamides is 1. The molecule has 1 amide bonds. The molecule has 2 rings (SSSR count). The molecule has 0 fully saturated rings. The summed E-state index contributed by atoms with van der Waals surface area (Å²) in [6.45, 7) is 0. The molecule has 1 N–H and O–H groups in total. The summed E-state index contributed by atoms with van der Waals surface area (Å²) in [5.41, 5.74) is 0.703. The van der Waals surface area contributed by atoms with Gasteiger partial charge in [-0.3, -0.25) is 14.9 Å². The number of nitro benzene ring substituents is 1. The monoisotopic (exact) mass is 334 g/mol. The molecule has 0 unspecified atom stereocenters. The second-order valence-electron chi connectivity index (χ2n) is 4.77. The van der Waals surface area contributed by atoms with E-state index in [4.69, 9.17) is 0 Å². The highest BCUT2D eigenvalue weighted by molar-refractivity contribution is 7.90. The number of carbonyl (C=O) groups is 1. The number of rotatable bonds is 6. The highest BCUT2D eigenvalue weighted by Gasteiger charge is 2.18. The van der Waals surface area contributed by atoms with E-state index in [0.29, 0.717) is 6.42 Å². The third-order valence-electron chi connectivity index (χ3n) is 3.09. The Balaban J connectivity index is 1.99. The molecule has 2 aromatic carbocycles. The molecule has 0 radical (unpaired) electrons. The fraction of sp³-hybridized carbons (Fsp3) is 0.133. The average Bonchev–Trinajstić information content (AvgIpc) is 2.53. The fourth-order valence-electron chi connectivity index (χ4n) is 1.91. The number of nitrogens with zero attached hydrogens (tertiary/aromatic N) is 1. The molecule has 0 aliphatic carbocycles. The fourth-order valence-corrected chi connectivity index (χ4v) is 2.92. The molecule has 23 heavy (non-hydrogen) atoms. The van der Waals surface area contributed by atoms with Crippen LogP contribution in [0.25, 0.3) is 0 Å². The number of hydrogen-bond acceptors (Lipinski definition) is 5. The van der Waals surface area contributed by atoms with Crippen molar-refractivity contribution in [2.24, 2.45) is 0 Å². The molecule has 120 valence electrons. The van der Waals surface area contributed by atoms with Crippen LogP contribution in [0.3, 0.4) is 0 Å². The van der Waals surface area contributed by atoms with Crippen molar-refractivity contribution in [2.45, 2.75) is 17.7 Å². The lowest BCUT2D eigenvalue weighted by Crippen LogP contribution is -2.30. The number of nitro groups is 1. The molecule has 2 aromatic rings. The van der Waals surface area contributed by atoms with Gasteiger partial charge in [0.05, 0.1) is 9.82 Å². The normalized spacial score (nSPS) is 11.0.